The molecule has 3 aromatic rings. The van der Waals surface area contributed by atoms with Crippen molar-refractivity contribution in [1.82, 2.24) is 24.9 Å². The maximum absolute atomic E-state index is 9.09. The van der Waals surface area contributed by atoms with Gasteiger partial charge in [0.25, 0.3) is 0 Å². The Morgan fingerprint density at radius 1 is 1.17 bits per heavy atom. The SMILES string of the molecule is Cc1nn(CCO)c(C)c1CNCc1cccc(-n2cccn2)c1. The number of nitrogens with zero attached hydrogens (tertiary/aromatic N) is 4. The van der Waals surface area contributed by atoms with E-state index in [1.807, 2.05) is 47.6 Å². The molecule has 6 nitrogen and oxygen atoms in total. The number of hydrogen-bond donors (Lipinski definition) is 2. The lowest BCUT2D eigenvalue weighted by Gasteiger charge is -2.08. The molecule has 126 valence electrons. The summed E-state index contributed by atoms with van der Waals surface area (Å²) < 4.78 is 3.72. The first kappa shape index (κ1) is 16.4. The minimum absolute atomic E-state index is 0.106. The maximum Gasteiger partial charge on any atom is 0.0648 e. The highest BCUT2D eigenvalue weighted by Gasteiger charge is 2.10. The Labute approximate surface area is 141 Å². The quantitative estimate of drug-likeness (QED) is 0.697. The highest BCUT2D eigenvalue weighted by Crippen LogP contribution is 2.14. The number of aliphatic hydroxyl groups is 1. The molecular weight excluding hydrogens is 302 g/mol. The summed E-state index contributed by atoms with van der Waals surface area (Å²) >= 11 is 0. The molecule has 0 aliphatic heterocycles. The first-order chi connectivity index (χ1) is 11.7. The molecule has 0 atom stereocenters. The summed E-state index contributed by atoms with van der Waals surface area (Å²) in [5, 5.41) is 21.3. The van der Waals surface area contributed by atoms with Crippen molar-refractivity contribution in [3.8, 4) is 5.69 Å². The third-order valence-corrected chi connectivity index (χ3v) is 4.15. The minimum Gasteiger partial charge on any atom is -0.394 e. The van der Waals surface area contributed by atoms with Crippen molar-refractivity contribution < 1.29 is 5.11 Å². The van der Waals surface area contributed by atoms with Crippen LogP contribution in [0.3, 0.4) is 0 Å². The summed E-state index contributed by atoms with van der Waals surface area (Å²) in [6.07, 6.45) is 3.72. The van der Waals surface area contributed by atoms with Crippen LogP contribution in [0.2, 0.25) is 0 Å². The monoisotopic (exact) mass is 325 g/mol. The third-order valence-electron chi connectivity index (χ3n) is 4.15. The molecule has 6 heteroatoms. The molecule has 0 saturated carbocycles. The molecule has 3 rings (SSSR count). The molecule has 2 N–H and O–H groups in total. The number of nitrogens with one attached hydrogen (secondary N) is 1. The molecule has 0 amide bonds. The lowest BCUT2D eigenvalue weighted by molar-refractivity contribution is 0.267. The summed E-state index contributed by atoms with van der Waals surface area (Å²) in [6, 6.07) is 10.2. The van der Waals surface area contributed by atoms with Gasteiger partial charge in [0.2, 0.25) is 0 Å². The first-order valence-corrected chi connectivity index (χ1v) is 8.12. The lowest BCUT2D eigenvalue weighted by atomic mass is 10.1. The Hall–Kier alpha value is -2.44. The smallest absolute Gasteiger partial charge is 0.0648 e. The van der Waals surface area contributed by atoms with E-state index in [4.69, 9.17) is 5.11 Å². The fourth-order valence-corrected chi connectivity index (χ4v) is 2.86. The Morgan fingerprint density at radius 2 is 2.04 bits per heavy atom. The maximum atomic E-state index is 9.09. The summed E-state index contributed by atoms with van der Waals surface area (Å²) in [5.41, 5.74) is 5.59. The van der Waals surface area contributed by atoms with Gasteiger partial charge in [0.05, 0.1) is 24.5 Å². The Bertz CT molecular complexity index is 792. The first-order valence-electron chi connectivity index (χ1n) is 8.12. The van der Waals surface area contributed by atoms with Gasteiger partial charge in [-0.3, -0.25) is 4.68 Å². The summed E-state index contributed by atoms with van der Waals surface area (Å²) in [6.45, 7) is 6.24. The summed E-state index contributed by atoms with van der Waals surface area (Å²) in [4.78, 5) is 0. The van der Waals surface area contributed by atoms with Crippen molar-refractivity contribution in [3.05, 3.63) is 65.2 Å². The van der Waals surface area contributed by atoms with Crippen LogP contribution in [0.25, 0.3) is 5.69 Å². The van der Waals surface area contributed by atoms with Crippen molar-refractivity contribution >= 4 is 0 Å². The van der Waals surface area contributed by atoms with Gasteiger partial charge in [0, 0.05) is 36.7 Å². The van der Waals surface area contributed by atoms with Gasteiger partial charge in [-0.2, -0.15) is 10.2 Å². The zero-order valence-corrected chi connectivity index (χ0v) is 14.1. The second-order valence-electron chi connectivity index (χ2n) is 5.82. The number of aromatic nitrogens is 4. The van der Waals surface area contributed by atoms with E-state index in [1.165, 1.54) is 11.1 Å². The molecule has 0 fully saturated rings. The average Bonchev–Trinajstić information content (AvgIpc) is 3.20. The topological polar surface area (TPSA) is 67.9 Å². The standard InChI is InChI=1S/C18H23N5O/c1-14-18(15(2)22(21-14)9-10-24)13-19-12-16-5-3-6-17(11-16)23-8-4-7-20-23/h3-8,11,19,24H,9-10,12-13H2,1-2H3. The van der Waals surface area contributed by atoms with E-state index in [9.17, 15) is 0 Å². The fourth-order valence-electron chi connectivity index (χ4n) is 2.86. The Morgan fingerprint density at radius 3 is 2.79 bits per heavy atom. The van der Waals surface area contributed by atoms with E-state index >= 15 is 0 Å². The molecule has 0 aliphatic rings. The number of hydrogen-bond acceptors (Lipinski definition) is 4. The van der Waals surface area contributed by atoms with Crippen LogP contribution in [0, 0.1) is 13.8 Å². The largest absolute Gasteiger partial charge is 0.394 e. The number of aliphatic hydroxyl groups excluding tert-OH is 1. The molecule has 0 unspecified atom stereocenters. The number of rotatable bonds is 7. The van der Waals surface area contributed by atoms with Crippen LogP contribution in [0.1, 0.15) is 22.5 Å². The van der Waals surface area contributed by atoms with Crippen LogP contribution in [-0.2, 0) is 19.6 Å². The Balaban J connectivity index is 1.64. The summed E-state index contributed by atoms with van der Waals surface area (Å²) in [5.74, 6) is 0. The highest BCUT2D eigenvalue weighted by molar-refractivity contribution is 5.35. The zero-order chi connectivity index (χ0) is 16.9. The number of benzene rings is 1. The van der Waals surface area contributed by atoms with E-state index in [2.05, 4.69) is 27.6 Å². The Kier molecular flexibility index (Phi) is 5.08. The van der Waals surface area contributed by atoms with Crippen molar-refractivity contribution in [2.24, 2.45) is 0 Å². The van der Waals surface area contributed by atoms with E-state index in [1.54, 1.807) is 6.20 Å². The molecule has 0 spiro atoms. The normalized spacial score (nSPS) is 11.1. The van der Waals surface area contributed by atoms with Crippen LogP contribution >= 0.6 is 0 Å². The molecule has 0 saturated heterocycles. The minimum atomic E-state index is 0.106. The number of aryl methyl sites for hydroxylation is 1. The van der Waals surface area contributed by atoms with Gasteiger partial charge < -0.3 is 10.4 Å². The molecule has 2 heterocycles. The van der Waals surface area contributed by atoms with Crippen LogP contribution in [0.15, 0.2) is 42.7 Å². The van der Waals surface area contributed by atoms with E-state index in [0.717, 1.165) is 30.2 Å². The van der Waals surface area contributed by atoms with Crippen molar-refractivity contribution in [2.45, 2.75) is 33.5 Å². The average molecular weight is 325 g/mol. The predicted molar refractivity (Wildman–Crippen MR) is 92.9 cm³/mol. The summed E-state index contributed by atoms with van der Waals surface area (Å²) in [7, 11) is 0. The van der Waals surface area contributed by atoms with E-state index < -0.39 is 0 Å². The van der Waals surface area contributed by atoms with Gasteiger partial charge in [0.1, 0.15) is 0 Å². The molecule has 0 aliphatic carbocycles. The molecule has 0 bridgehead atoms. The highest BCUT2D eigenvalue weighted by atomic mass is 16.3. The molecule has 24 heavy (non-hydrogen) atoms. The lowest BCUT2D eigenvalue weighted by Crippen LogP contribution is -2.14. The van der Waals surface area contributed by atoms with Crippen molar-refractivity contribution in [2.75, 3.05) is 6.61 Å². The van der Waals surface area contributed by atoms with Gasteiger partial charge in [-0.05, 0) is 37.6 Å². The zero-order valence-electron chi connectivity index (χ0n) is 14.1. The molecule has 0 radical (unpaired) electrons. The van der Waals surface area contributed by atoms with Crippen LogP contribution < -0.4 is 5.32 Å². The van der Waals surface area contributed by atoms with Gasteiger partial charge in [0.15, 0.2) is 0 Å². The molecular formula is C18H23N5O. The van der Waals surface area contributed by atoms with Crippen molar-refractivity contribution in [1.29, 1.82) is 0 Å². The predicted octanol–water partition coefficient (Wildman–Crippen LogP) is 1.97. The third kappa shape index (κ3) is 3.55. The van der Waals surface area contributed by atoms with E-state index in [0.29, 0.717) is 6.54 Å². The molecule has 2 aromatic heterocycles. The fraction of sp³-hybridized carbons (Fsp3) is 0.333. The second-order valence-corrected chi connectivity index (χ2v) is 5.82. The van der Waals surface area contributed by atoms with Crippen LogP contribution in [-0.4, -0.2) is 31.3 Å². The van der Waals surface area contributed by atoms with Crippen LogP contribution in [0.4, 0.5) is 0 Å². The van der Waals surface area contributed by atoms with Gasteiger partial charge in [-0.15, -0.1) is 0 Å². The molecule has 1 aromatic carbocycles. The van der Waals surface area contributed by atoms with Crippen LogP contribution in [0.5, 0.6) is 0 Å². The second kappa shape index (κ2) is 7.42. The van der Waals surface area contributed by atoms with Gasteiger partial charge in [-0.25, -0.2) is 4.68 Å². The van der Waals surface area contributed by atoms with E-state index in [-0.39, 0.29) is 6.61 Å². The van der Waals surface area contributed by atoms with Gasteiger partial charge in [-0.1, -0.05) is 12.1 Å². The van der Waals surface area contributed by atoms with Gasteiger partial charge >= 0.3 is 0 Å². The van der Waals surface area contributed by atoms with Crippen molar-refractivity contribution in [3.63, 3.8) is 0 Å².